The fraction of sp³-hybridized carbons (Fsp3) is 0.190. The minimum atomic E-state index is -3.94. The van der Waals surface area contributed by atoms with E-state index >= 15 is 0 Å². The molecule has 0 atom stereocenters. The van der Waals surface area contributed by atoms with Gasteiger partial charge in [0.1, 0.15) is 10.3 Å². The number of fused-ring (bicyclic) bond motifs is 2. The molecule has 0 amide bonds. The zero-order chi connectivity index (χ0) is 21.3. The third-order valence-electron chi connectivity index (χ3n) is 4.90. The Balaban J connectivity index is 2.07. The molecule has 0 unspecified atom stereocenters. The lowest BCUT2D eigenvalue weighted by molar-refractivity contribution is -0.661. The topological polar surface area (TPSA) is 108 Å². The summed E-state index contributed by atoms with van der Waals surface area (Å²) in [6.07, 6.45) is 2.17. The molecule has 30 heavy (non-hydrogen) atoms. The van der Waals surface area contributed by atoms with Crippen LogP contribution in [0.3, 0.4) is 0 Å². The Morgan fingerprint density at radius 1 is 1.13 bits per heavy atom. The number of nitrogen functional groups attached to an aromatic ring is 1. The first-order valence-electron chi connectivity index (χ1n) is 9.37. The van der Waals surface area contributed by atoms with E-state index in [0.717, 1.165) is 0 Å². The van der Waals surface area contributed by atoms with E-state index in [4.69, 9.17) is 10.5 Å². The Kier molecular flexibility index (Phi) is 5.23. The number of methoxy groups -OCH3 is 1. The summed E-state index contributed by atoms with van der Waals surface area (Å²) in [5.74, 6) is 0.0367. The van der Waals surface area contributed by atoms with E-state index in [1.807, 2.05) is 0 Å². The number of ether oxygens (including phenoxy) is 1. The molecule has 4 rings (SSSR count). The van der Waals surface area contributed by atoms with E-state index in [2.05, 4.69) is 4.98 Å². The molecule has 3 aromatic heterocycles. The highest BCUT2D eigenvalue weighted by Gasteiger charge is 2.29. The van der Waals surface area contributed by atoms with E-state index in [-0.39, 0.29) is 26.6 Å². The van der Waals surface area contributed by atoms with E-state index in [0.29, 0.717) is 30.9 Å². The summed E-state index contributed by atoms with van der Waals surface area (Å²) in [7, 11) is -2.35. The van der Waals surface area contributed by atoms with Gasteiger partial charge in [-0.3, -0.25) is 9.20 Å². The number of hydrogen-bond donors (Lipinski definition) is 1. The molecule has 0 aliphatic rings. The Bertz CT molecular complexity index is 1400. The second kappa shape index (κ2) is 7.85. The Labute approximate surface area is 173 Å². The average molecular weight is 425 g/mol. The van der Waals surface area contributed by atoms with Gasteiger partial charge in [-0.1, -0.05) is 29.2 Å². The fourth-order valence-electron chi connectivity index (χ4n) is 3.41. The van der Waals surface area contributed by atoms with Crippen LogP contribution in [-0.2, 0) is 21.1 Å². The standard InChI is InChI=1S/C21H20N4O4S/c1-29-13-7-12-25-19(22)17(30(27,28)15-8-3-2-4-9-15)14-16-20(25)23-18-10-5-6-11-24(18)21(16)26/h2-6,8-11,14,22H,7,12-13H2,1H3/p+1. The van der Waals surface area contributed by atoms with E-state index in [1.54, 1.807) is 54.3 Å². The van der Waals surface area contributed by atoms with E-state index in [9.17, 15) is 13.2 Å². The number of nitrogens with zero attached hydrogens (tertiary/aromatic N) is 3. The number of sulfone groups is 1. The lowest BCUT2D eigenvalue weighted by Gasteiger charge is -2.12. The molecule has 2 N–H and O–H groups in total. The van der Waals surface area contributed by atoms with Gasteiger partial charge >= 0.3 is 0 Å². The normalized spacial score (nSPS) is 11.9. The van der Waals surface area contributed by atoms with Crippen molar-refractivity contribution in [2.45, 2.75) is 22.8 Å². The molecule has 8 nitrogen and oxygen atoms in total. The second-order valence-electron chi connectivity index (χ2n) is 6.79. The van der Waals surface area contributed by atoms with Crippen molar-refractivity contribution < 1.29 is 17.7 Å². The van der Waals surface area contributed by atoms with Crippen molar-refractivity contribution >= 4 is 32.3 Å². The van der Waals surface area contributed by atoms with Crippen molar-refractivity contribution in [1.29, 1.82) is 0 Å². The summed E-state index contributed by atoms with van der Waals surface area (Å²) >= 11 is 0. The molecule has 0 aliphatic heterocycles. The number of pyridine rings is 2. The fourth-order valence-corrected chi connectivity index (χ4v) is 4.84. The predicted octanol–water partition coefficient (Wildman–Crippen LogP) is 1.59. The molecule has 154 valence electrons. The maximum atomic E-state index is 13.3. The number of benzene rings is 1. The molecule has 0 aliphatic carbocycles. The average Bonchev–Trinajstić information content (AvgIpc) is 2.76. The van der Waals surface area contributed by atoms with Gasteiger partial charge < -0.3 is 10.5 Å². The van der Waals surface area contributed by atoms with Crippen LogP contribution >= 0.6 is 0 Å². The quantitative estimate of drug-likeness (QED) is 0.286. The smallest absolute Gasteiger partial charge is 0.278 e. The van der Waals surface area contributed by atoms with Gasteiger partial charge in [0.2, 0.25) is 21.3 Å². The van der Waals surface area contributed by atoms with Crippen LogP contribution in [0.1, 0.15) is 6.42 Å². The van der Waals surface area contributed by atoms with Gasteiger partial charge in [-0.25, -0.2) is 13.0 Å². The number of aryl methyl sites for hydroxylation is 1. The third kappa shape index (κ3) is 3.31. The molecule has 0 bridgehead atoms. The van der Waals surface area contributed by atoms with Crippen LogP contribution in [0, 0.1) is 0 Å². The number of nitrogens with two attached hydrogens (primary N) is 1. The zero-order valence-corrected chi connectivity index (χ0v) is 17.2. The number of aromatic nitrogens is 3. The first-order chi connectivity index (χ1) is 14.4. The lowest BCUT2D eigenvalue weighted by Crippen LogP contribution is -2.42. The molecular weight excluding hydrogens is 404 g/mol. The first-order valence-corrected chi connectivity index (χ1v) is 10.9. The van der Waals surface area contributed by atoms with Crippen molar-refractivity contribution in [2.75, 3.05) is 19.5 Å². The van der Waals surface area contributed by atoms with E-state index < -0.39 is 9.84 Å². The van der Waals surface area contributed by atoms with Crippen LogP contribution in [0.5, 0.6) is 0 Å². The molecule has 0 saturated carbocycles. The summed E-state index contributed by atoms with van der Waals surface area (Å²) in [6.45, 7) is 0.805. The van der Waals surface area contributed by atoms with E-state index in [1.165, 1.54) is 22.6 Å². The van der Waals surface area contributed by atoms with Crippen LogP contribution < -0.4 is 15.9 Å². The molecule has 0 spiro atoms. The molecule has 0 saturated heterocycles. The molecule has 4 aromatic rings. The van der Waals surface area contributed by atoms with Crippen molar-refractivity contribution in [1.82, 2.24) is 9.38 Å². The molecule has 3 heterocycles. The number of hydrogen-bond acceptors (Lipinski definition) is 6. The number of anilines is 1. The lowest BCUT2D eigenvalue weighted by atomic mass is 10.3. The van der Waals surface area contributed by atoms with Crippen molar-refractivity contribution in [3.05, 3.63) is 71.1 Å². The van der Waals surface area contributed by atoms with Crippen LogP contribution in [0.2, 0.25) is 0 Å². The van der Waals surface area contributed by atoms with Gasteiger partial charge in [0, 0.05) is 26.3 Å². The minimum Gasteiger partial charge on any atom is -0.385 e. The second-order valence-corrected chi connectivity index (χ2v) is 8.71. The SMILES string of the molecule is COCCC[n+]1c(N)c(S(=O)(=O)c2ccccc2)cc2c(=O)n3ccccc3nc21. The van der Waals surface area contributed by atoms with Gasteiger partial charge in [0.15, 0.2) is 0 Å². The molecule has 1 aromatic carbocycles. The first kappa shape index (κ1) is 20.0. The summed E-state index contributed by atoms with van der Waals surface area (Å²) < 4.78 is 34.7. The molecule has 0 radical (unpaired) electrons. The highest BCUT2D eigenvalue weighted by atomic mass is 32.2. The van der Waals surface area contributed by atoms with Gasteiger partial charge in [-0.05, 0) is 30.3 Å². The van der Waals surface area contributed by atoms with Crippen LogP contribution in [0.15, 0.2) is 75.4 Å². The van der Waals surface area contributed by atoms with Crippen LogP contribution in [-0.4, -0.2) is 31.5 Å². The summed E-state index contributed by atoms with van der Waals surface area (Å²) in [4.78, 5) is 17.7. The molecule has 0 fully saturated rings. The van der Waals surface area contributed by atoms with Crippen molar-refractivity contribution in [3.63, 3.8) is 0 Å². The van der Waals surface area contributed by atoms with Gasteiger partial charge in [-0.15, -0.1) is 0 Å². The maximum absolute atomic E-state index is 13.3. The maximum Gasteiger partial charge on any atom is 0.278 e. The monoisotopic (exact) mass is 425 g/mol. The predicted molar refractivity (Wildman–Crippen MR) is 112 cm³/mol. The summed E-state index contributed by atoms with van der Waals surface area (Å²) in [5, 5.41) is 0.180. The zero-order valence-electron chi connectivity index (χ0n) is 16.4. The Hall–Kier alpha value is -3.30. The van der Waals surface area contributed by atoms with Gasteiger partial charge in [0.05, 0.1) is 11.4 Å². The highest BCUT2D eigenvalue weighted by molar-refractivity contribution is 7.91. The Morgan fingerprint density at radius 2 is 1.87 bits per heavy atom. The van der Waals surface area contributed by atoms with Crippen molar-refractivity contribution in [3.8, 4) is 0 Å². The largest absolute Gasteiger partial charge is 0.385 e. The van der Waals surface area contributed by atoms with Crippen LogP contribution in [0.4, 0.5) is 5.82 Å². The number of rotatable bonds is 6. The minimum absolute atomic E-state index is 0.0367. The van der Waals surface area contributed by atoms with Crippen molar-refractivity contribution in [2.24, 2.45) is 0 Å². The van der Waals surface area contributed by atoms with Gasteiger partial charge in [0.25, 0.3) is 11.2 Å². The van der Waals surface area contributed by atoms with Crippen LogP contribution in [0.25, 0.3) is 16.7 Å². The van der Waals surface area contributed by atoms with Gasteiger partial charge in [-0.2, -0.15) is 0 Å². The highest BCUT2D eigenvalue weighted by Crippen LogP contribution is 2.26. The Morgan fingerprint density at radius 3 is 2.60 bits per heavy atom. The summed E-state index contributed by atoms with van der Waals surface area (Å²) in [6, 6.07) is 14.5. The summed E-state index contributed by atoms with van der Waals surface area (Å²) in [5.41, 5.74) is 6.77. The molecular formula is C21H21N4O4S+. The third-order valence-corrected chi connectivity index (χ3v) is 6.70. The molecule has 9 heteroatoms.